The zero-order chi connectivity index (χ0) is 14.9. The summed E-state index contributed by atoms with van der Waals surface area (Å²) in [5.74, 6) is 0. The smallest absolute Gasteiger partial charge is 0.267 e. The highest BCUT2D eigenvalue weighted by atomic mass is 32.1. The molecule has 0 saturated carbocycles. The number of aromatic nitrogens is 1. The van der Waals surface area contributed by atoms with Crippen molar-refractivity contribution in [2.45, 2.75) is 0 Å². The molecule has 0 aliphatic carbocycles. The molecule has 0 bridgehead atoms. The highest BCUT2D eigenvalue weighted by Crippen LogP contribution is 2.31. The van der Waals surface area contributed by atoms with Gasteiger partial charge >= 0.3 is 0 Å². The van der Waals surface area contributed by atoms with Gasteiger partial charge in [-0.2, -0.15) is 0 Å². The van der Waals surface area contributed by atoms with E-state index >= 15 is 0 Å². The second-order valence-corrected chi connectivity index (χ2v) is 6.03. The summed E-state index contributed by atoms with van der Waals surface area (Å²) in [7, 11) is 0. The van der Waals surface area contributed by atoms with Crippen molar-refractivity contribution in [1.82, 2.24) is 3.96 Å². The van der Waals surface area contributed by atoms with Crippen molar-refractivity contribution in [1.29, 1.82) is 0 Å². The normalized spacial score (nSPS) is 10.9. The highest BCUT2D eigenvalue weighted by Gasteiger charge is 2.12. The minimum atomic E-state index is 0.0454. The van der Waals surface area contributed by atoms with Crippen LogP contribution in [0.5, 0.6) is 0 Å². The van der Waals surface area contributed by atoms with Gasteiger partial charge in [-0.3, -0.25) is 4.79 Å². The van der Waals surface area contributed by atoms with Crippen molar-refractivity contribution < 1.29 is 0 Å². The summed E-state index contributed by atoms with van der Waals surface area (Å²) < 4.78 is 2.79. The molecule has 0 spiro atoms. The van der Waals surface area contributed by atoms with Crippen LogP contribution in [0.15, 0.2) is 83.7 Å². The fraction of sp³-hybridized carbons (Fsp3) is 0. The first-order chi connectivity index (χ1) is 10.8. The van der Waals surface area contributed by atoms with Crippen molar-refractivity contribution in [2.75, 3.05) is 0 Å². The maximum absolute atomic E-state index is 12.7. The first-order valence-corrected chi connectivity index (χ1v) is 7.88. The molecule has 3 heteroatoms. The van der Waals surface area contributed by atoms with E-state index in [4.69, 9.17) is 0 Å². The molecule has 0 aliphatic rings. The molecule has 0 atom stereocenters. The first kappa shape index (κ1) is 13.0. The van der Waals surface area contributed by atoms with Gasteiger partial charge in [0.15, 0.2) is 0 Å². The Balaban J connectivity index is 2.01. The van der Waals surface area contributed by atoms with E-state index in [9.17, 15) is 4.79 Å². The third-order valence-corrected chi connectivity index (χ3v) is 4.87. The summed E-state index contributed by atoms with van der Waals surface area (Å²) in [6.07, 6.45) is 0. The van der Waals surface area contributed by atoms with Gasteiger partial charge in [-0.15, -0.1) is 0 Å². The molecular weight excluding hydrogens is 290 g/mol. The van der Waals surface area contributed by atoms with Gasteiger partial charge in [-0.1, -0.05) is 72.2 Å². The van der Waals surface area contributed by atoms with Gasteiger partial charge in [-0.05, 0) is 23.8 Å². The summed E-state index contributed by atoms with van der Waals surface area (Å²) in [6, 6.07) is 25.9. The van der Waals surface area contributed by atoms with Crippen LogP contribution in [-0.4, -0.2) is 3.96 Å². The molecule has 0 radical (unpaired) electrons. The van der Waals surface area contributed by atoms with Crippen molar-refractivity contribution in [2.24, 2.45) is 0 Å². The van der Waals surface area contributed by atoms with Crippen molar-refractivity contribution in [3.05, 3.63) is 89.2 Å². The quantitative estimate of drug-likeness (QED) is 0.525. The Hall–Kier alpha value is -2.65. The van der Waals surface area contributed by atoms with Gasteiger partial charge in [-0.25, -0.2) is 3.96 Å². The summed E-state index contributed by atoms with van der Waals surface area (Å²) in [4.78, 5) is 12.7. The fourth-order valence-corrected chi connectivity index (χ4v) is 3.75. The number of benzene rings is 3. The van der Waals surface area contributed by atoms with E-state index in [1.54, 1.807) is 3.96 Å². The Labute approximate surface area is 132 Å². The van der Waals surface area contributed by atoms with E-state index in [-0.39, 0.29) is 5.56 Å². The largest absolute Gasteiger partial charge is 0.273 e. The number of hydrogen-bond donors (Lipinski definition) is 0. The van der Waals surface area contributed by atoms with Crippen LogP contribution in [-0.2, 0) is 0 Å². The lowest BCUT2D eigenvalue weighted by molar-refractivity contribution is 1.14. The van der Waals surface area contributed by atoms with E-state index in [1.165, 1.54) is 11.5 Å². The van der Waals surface area contributed by atoms with Gasteiger partial charge < -0.3 is 0 Å². The summed E-state index contributed by atoms with van der Waals surface area (Å²) in [6.45, 7) is 0. The first-order valence-electron chi connectivity index (χ1n) is 7.10. The van der Waals surface area contributed by atoms with E-state index in [2.05, 4.69) is 18.2 Å². The Morgan fingerprint density at radius 1 is 0.727 bits per heavy atom. The number of nitrogens with zero attached hydrogens (tertiary/aromatic N) is 1. The summed E-state index contributed by atoms with van der Waals surface area (Å²) in [5.41, 5.74) is 3.20. The number of para-hydroxylation sites is 1. The van der Waals surface area contributed by atoms with E-state index in [0.29, 0.717) is 0 Å². The van der Waals surface area contributed by atoms with Crippen molar-refractivity contribution >= 4 is 21.6 Å². The molecule has 0 saturated heterocycles. The molecule has 3 aromatic carbocycles. The zero-order valence-electron chi connectivity index (χ0n) is 11.8. The molecule has 0 fully saturated rings. The van der Waals surface area contributed by atoms with Gasteiger partial charge in [0.05, 0.1) is 15.8 Å². The topological polar surface area (TPSA) is 22.0 Å². The number of rotatable bonds is 2. The van der Waals surface area contributed by atoms with Gasteiger partial charge in [0.25, 0.3) is 5.56 Å². The Bertz CT molecular complexity index is 984. The van der Waals surface area contributed by atoms with Crippen LogP contribution in [0.1, 0.15) is 0 Å². The SMILES string of the molecule is O=c1c2cccc(-c3ccccc3)c2sn1-c1ccccc1. The molecular formula is C19H13NOS. The molecule has 4 rings (SSSR count). The number of hydrogen-bond acceptors (Lipinski definition) is 2. The van der Waals surface area contributed by atoms with E-state index < -0.39 is 0 Å². The maximum Gasteiger partial charge on any atom is 0.273 e. The predicted molar refractivity (Wildman–Crippen MR) is 92.9 cm³/mol. The molecule has 22 heavy (non-hydrogen) atoms. The molecule has 4 aromatic rings. The molecule has 0 unspecified atom stereocenters. The van der Waals surface area contributed by atoms with Crippen LogP contribution >= 0.6 is 11.5 Å². The fourth-order valence-electron chi connectivity index (χ4n) is 2.62. The summed E-state index contributed by atoms with van der Waals surface area (Å²) in [5, 5.41) is 0.773. The third-order valence-electron chi connectivity index (χ3n) is 3.69. The highest BCUT2D eigenvalue weighted by molar-refractivity contribution is 7.14. The lowest BCUT2D eigenvalue weighted by Gasteiger charge is -2.01. The zero-order valence-corrected chi connectivity index (χ0v) is 12.6. The van der Waals surface area contributed by atoms with Gasteiger partial charge in [0, 0.05) is 5.56 Å². The second-order valence-electron chi connectivity index (χ2n) is 5.07. The van der Waals surface area contributed by atoms with E-state index in [0.717, 1.165) is 26.9 Å². The Kier molecular flexibility index (Phi) is 3.13. The van der Waals surface area contributed by atoms with Crippen LogP contribution in [0.2, 0.25) is 0 Å². The molecule has 106 valence electrons. The van der Waals surface area contributed by atoms with Crippen molar-refractivity contribution in [3.63, 3.8) is 0 Å². The summed E-state index contributed by atoms with van der Waals surface area (Å²) >= 11 is 1.50. The van der Waals surface area contributed by atoms with Crippen LogP contribution in [0.4, 0.5) is 0 Å². The average molecular weight is 303 g/mol. The van der Waals surface area contributed by atoms with Gasteiger partial charge in [0.1, 0.15) is 0 Å². The lowest BCUT2D eigenvalue weighted by atomic mass is 10.0. The molecule has 1 heterocycles. The molecule has 0 N–H and O–H groups in total. The van der Waals surface area contributed by atoms with Crippen LogP contribution in [0.25, 0.3) is 26.9 Å². The molecule has 2 nitrogen and oxygen atoms in total. The van der Waals surface area contributed by atoms with Crippen molar-refractivity contribution in [3.8, 4) is 16.8 Å². The second kappa shape index (κ2) is 5.28. The van der Waals surface area contributed by atoms with Crippen LogP contribution in [0, 0.1) is 0 Å². The number of fused-ring (bicyclic) bond motifs is 1. The molecule has 0 amide bonds. The predicted octanol–water partition coefficient (Wildman–Crippen LogP) is 4.72. The lowest BCUT2D eigenvalue weighted by Crippen LogP contribution is -2.10. The monoisotopic (exact) mass is 303 g/mol. The minimum absolute atomic E-state index is 0.0454. The maximum atomic E-state index is 12.7. The minimum Gasteiger partial charge on any atom is -0.267 e. The van der Waals surface area contributed by atoms with Crippen LogP contribution in [0.3, 0.4) is 0 Å². The molecule has 0 aliphatic heterocycles. The Morgan fingerprint density at radius 2 is 1.41 bits per heavy atom. The van der Waals surface area contributed by atoms with Gasteiger partial charge in [0.2, 0.25) is 0 Å². The third kappa shape index (κ3) is 2.07. The Morgan fingerprint density at radius 3 is 2.14 bits per heavy atom. The van der Waals surface area contributed by atoms with E-state index in [1.807, 2.05) is 60.7 Å². The average Bonchev–Trinajstić information content (AvgIpc) is 2.94. The molecule has 1 aromatic heterocycles. The van der Waals surface area contributed by atoms with Crippen LogP contribution < -0.4 is 5.56 Å². The standard InChI is InChI=1S/C19H13NOS/c21-19-17-13-7-12-16(14-8-3-1-4-9-14)18(17)22-20(19)15-10-5-2-6-11-15/h1-13H.